The largest absolute Gasteiger partial charge is 0.504 e. The third kappa shape index (κ3) is 2.15. The molecule has 3 nitrogen and oxygen atoms in total. The van der Waals surface area contributed by atoms with Crippen LogP contribution in [0.25, 0.3) is 0 Å². The Hall–Kier alpha value is -1.69. The molecule has 2 fully saturated rings. The summed E-state index contributed by atoms with van der Waals surface area (Å²) in [6, 6.07) is 6.44. The number of nitriles is 1. The molecular formula is C21H27NO2. The van der Waals surface area contributed by atoms with Crippen molar-refractivity contribution in [2.45, 2.75) is 57.8 Å². The summed E-state index contributed by atoms with van der Waals surface area (Å²) in [4.78, 5) is 0. The van der Waals surface area contributed by atoms with Crippen LogP contribution in [0.15, 0.2) is 12.1 Å². The van der Waals surface area contributed by atoms with E-state index in [0.717, 1.165) is 24.7 Å². The Morgan fingerprint density at radius 1 is 1.29 bits per heavy atom. The second-order valence-electron chi connectivity index (χ2n) is 8.32. The van der Waals surface area contributed by atoms with E-state index in [1.54, 1.807) is 7.11 Å². The number of benzene rings is 1. The highest BCUT2D eigenvalue weighted by Crippen LogP contribution is 2.63. The van der Waals surface area contributed by atoms with Gasteiger partial charge in [-0.2, -0.15) is 5.26 Å². The number of fused-ring (bicyclic) bond motifs is 5. The van der Waals surface area contributed by atoms with E-state index in [1.165, 1.54) is 43.2 Å². The van der Waals surface area contributed by atoms with Crippen LogP contribution < -0.4 is 4.74 Å². The molecule has 128 valence electrons. The number of rotatable bonds is 2. The molecule has 0 heterocycles. The van der Waals surface area contributed by atoms with E-state index >= 15 is 0 Å². The fraction of sp³-hybridized carbons (Fsp3) is 0.667. The first-order chi connectivity index (χ1) is 11.6. The second-order valence-corrected chi connectivity index (χ2v) is 8.32. The standard InChI is InChI=1S/C21H27NO2/c1-21-9-7-15-16(18(21)6-4-14(21)8-10-22)5-3-13-11-19(23)20(24-2)12-17(13)15/h11-12,14-16,18,23H,3-9H2,1-2H3. The lowest BCUT2D eigenvalue weighted by Gasteiger charge is -2.51. The summed E-state index contributed by atoms with van der Waals surface area (Å²) >= 11 is 0. The molecule has 3 heteroatoms. The molecule has 5 unspecified atom stereocenters. The predicted molar refractivity (Wildman–Crippen MR) is 93.0 cm³/mol. The van der Waals surface area contributed by atoms with Crippen molar-refractivity contribution in [3.8, 4) is 17.6 Å². The molecule has 2 saturated carbocycles. The van der Waals surface area contributed by atoms with Crippen LogP contribution in [0.3, 0.4) is 0 Å². The van der Waals surface area contributed by atoms with E-state index in [0.29, 0.717) is 23.0 Å². The zero-order valence-electron chi connectivity index (χ0n) is 14.7. The van der Waals surface area contributed by atoms with Crippen LogP contribution >= 0.6 is 0 Å². The molecule has 0 spiro atoms. The summed E-state index contributed by atoms with van der Waals surface area (Å²) in [6.07, 6.45) is 7.96. The number of aromatic hydroxyl groups is 1. The maximum absolute atomic E-state index is 10.1. The fourth-order valence-corrected chi connectivity index (χ4v) is 6.31. The fourth-order valence-electron chi connectivity index (χ4n) is 6.31. The second kappa shape index (κ2) is 5.69. The number of ether oxygens (including phenoxy) is 1. The third-order valence-electron chi connectivity index (χ3n) is 7.56. The van der Waals surface area contributed by atoms with Crippen LogP contribution in [-0.2, 0) is 6.42 Å². The van der Waals surface area contributed by atoms with E-state index < -0.39 is 0 Å². The van der Waals surface area contributed by atoms with E-state index in [1.807, 2.05) is 6.07 Å². The SMILES string of the molecule is COc1cc2c(cc1O)CCC1C2CCC2(C)C(CC#N)CCC12. The summed E-state index contributed by atoms with van der Waals surface area (Å²) in [5, 5.41) is 19.3. The number of hydrogen-bond donors (Lipinski definition) is 1. The Morgan fingerprint density at radius 3 is 2.88 bits per heavy atom. The van der Waals surface area contributed by atoms with Gasteiger partial charge in [0.2, 0.25) is 0 Å². The lowest BCUT2D eigenvalue weighted by atomic mass is 9.54. The van der Waals surface area contributed by atoms with Crippen molar-refractivity contribution in [1.82, 2.24) is 0 Å². The van der Waals surface area contributed by atoms with Crippen molar-refractivity contribution in [1.29, 1.82) is 5.26 Å². The van der Waals surface area contributed by atoms with Gasteiger partial charge >= 0.3 is 0 Å². The summed E-state index contributed by atoms with van der Waals surface area (Å²) in [5.41, 5.74) is 3.08. The quantitative estimate of drug-likeness (QED) is 0.851. The molecule has 0 amide bonds. The van der Waals surface area contributed by atoms with Gasteiger partial charge in [-0.25, -0.2) is 0 Å². The maximum atomic E-state index is 10.1. The van der Waals surface area contributed by atoms with Crippen LogP contribution in [-0.4, -0.2) is 12.2 Å². The highest BCUT2D eigenvalue weighted by Gasteiger charge is 2.54. The van der Waals surface area contributed by atoms with Crippen LogP contribution in [0.4, 0.5) is 0 Å². The Balaban J connectivity index is 1.68. The number of hydrogen-bond acceptors (Lipinski definition) is 3. The highest BCUT2D eigenvalue weighted by atomic mass is 16.5. The predicted octanol–water partition coefficient (Wildman–Crippen LogP) is 4.79. The average Bonchev–Trinajstić information content (AvgIpc) is 2.91. The van der Waals surface area contributed by atoms with Crippen molar-refractivity contribution >= 4 is 0 Å². The molecular weight excluding hydrogens is 298 g/mol. The molecule has 0 radical (unpaired) electrons. The molecule has 24 heavy (non-hydrogen) atoms. The van der Waals surface area contributed by atoms with Crippen molar-refractivity contribution in [3.63, 3.8) is 0 Å². The van der Waals surface area contributed by atoms with Crippen molar-refractivity contribution < 1.29 is 9.84 Å². The first kappa shape index (κ1) is 15.8. The lowest BCUT2D eigenvalue weighted by Crippen LogP contribution is -2.42. The maximum Gasteiger partial charge on any atom is 0.160 e. The molecule has 3 aliphatic rings. The van der Waals surface area contributed by atoms with E-state index in [9.17, 15) is 10.4 Å². The third-order valence-corrected chi connectivity index (χ3v) is 7.56. The van der Waals surface area contributed by atoms with Gasteiger partial charge in [-0.1, -0.05) is 6.92 Å². The summed E-state index contributed by atoms with van der Waals surface area (Å²) < 4.78 is 5.36. The topological polar surface area (TPSA) is 53.2 Å². The van der Waals surface area contributed by atoms with Gasteiger partial charge in [0.05, 0.1) is 13.2 Å². The normalized spacial score (nSPS) is 37.0. The molecule has 0 bridgehead atoms. The molecule has 3 aliphatic carbocycles. The zero-order valence-corrected chi connectivity index (χ0v) is 14.7. The number of aryl methyl sites for hydroxylation is 1. The monoisotopic (exact) mass is 325 g/mol. The number of phenolic OH excluding ortho intramolecular Hbond substituents is 1. The van der Waals surface area contributed by atoms with E-state index in [4.69, 9.17) is 4.74 Å². The molecule has 1 aromatic carbocycles. The molecule has 0 aliphatic heterocycles. The first-order valence-corrected chi connectivity index (χ1v) is 9.35. The minimum absolute atomic E-state index is 0.269. The van der Waals surface area contributed by atoms with Gasteiger partial charge in [0.15, 0.2) is 11.5 Å². The van der Waals surface area contributed by atoms with E-state index in [-0.39, 0.29) is 5.75 Å². The smallest absolute Gasteiger partial charge is 0.160 e. The first-order valence-electron chi connectivity index (χ1n) is 9.35. The van der Waals surface area contributed by atoms with Gasteiger partial charge in [0.25, 0.3) is 0 Å². The van der Waals surface area contributed by atoms with Crippen LogP contribution in [0.1, 0.15) is 62.5 Å². The number of nitrogens with zero attached hydrogens (tertiary/aromatic N) is 1. The lowest BCUT2D eigenvalue weighted by molar-refractivity contribution is 0.0296. The molecule has 4 rings (SSSR count). The van der Waals surface area contributed by atoms with Gasteiger partial charge in [-0.15, -0.1) is 0 Å². The van der Waals surface area contributed by atoms with Crippen molar-refractivity contribution in [2.24, 2.45) is 23.2 Å². The molecule has 1 aromatic rings. The van der Waals surface area contributed by atoms with Gasteiger partial charge in [-0.3, -0.25) is 0 Å². The van der Waals surface area contributed by atoms with Crippen LogP contribution in [0.5, 0.6) is 11.5 Å². The summed E-state index contributed by atoms with van der Waals surface area (Å²) in [6.45, 7) is 2.45. The highest BCUT2D eigenvalue weighted by molar-refractivity contribution is 5.49. The van der Waals surface area contributed by atoms with Crippen LogP contribution in [0, 0.1) is 34.5 Å². The van der Waals surface area contributed by atoms with Crippen LogP contribution in [0.2, 0.25) is 0 Å². The molecule has 5 atom stereocenters. The number of phenols is 1. The minimum Gasteiger partial charge on any atom is -0.504 e. The Kier molecular flexibility index (Phi) is 3.75. The van der Waals surface area contributed by atoms with Gasteiger partial charge in [-0.05, 0) is 90.9 Å². The van der Waals surface area contributed by atoms with Crippen molar-refractivity contribution in [3.05, 3.63) is 23.3 Å². The molecule has 1 N–H and O–H groups in total. The van der Waals surface area contributed by atoms with Gasteiger partial charge < -0.3 is 9.84 Å². The molecule has 0 aromatic heterocycles. The van der Waals surface area contributed by atoms with Crippen molar-refractivity contribution in [2.75, 3.05) is 7.11 Å². The Morgan fingerprint density at radius 2 is 2.12 bits per heavy atom. The number of methoxy groups -OCH3 is 1. The zero-order chi connectivity index (χ0) is 16.9. The van der Waals surface area contributed by atoms with Gasteiger partial charge in [0, 0.05) is 6.42 Å². The Labute approximate surface area is 144 Å². The van der Waals surface area contributed by atoms with E-state index in [2.05, 4.69) is 19.1 Å². The minimum atomic E-state index is 0.269. The van der Waals surface area contributed by atoms with Gasteiger partial charge in [0.1, 0.15) is 0 Å². The Bertz CT molecular complexity index is 692. The summed E-state index contributed by atoms with van der Waals surface area (Å²) in [7, 11) is 1.63. The summed E-state index contributed by atoms with van der Waals surface area (Å²) in [5.74, 6) is 3.55. The average molecular weight is 325 g/mol. The molecule has 0 saturated heterocycles.